The number of rotatable bonds is 7. The summed E-state index contributed by atoms with van der Waals surface area (Å²) < 4.78 is 6.02. The average molecular weight is 492 g/mol. The lowest BCUT2D eigenvalue weighted by Crippen LogP contribution is -2.28. The Kier molecular flexibility index (Phi) is 6.36. The van der Waals surface area contributed by atoms with Gasteiger partial charge in [0.05, 0.1) is 11.6 Å². The molecule has 0 radical (unpaired) electrons. The van der Waals surface area contributed by atoms with Gasteiger partial charge in [0.15, 0.2) is 5.60 Å². The van der Waals surface area contributed by atoms with Crippen LogP contribution in [0, 0.1) is 13.8 Å². The van der Waals surface area contributed by atoms with E-state index < -0.39 is 17.4 Å². The molecule has 6 nitrogen and oxygen atoms in total. The number of hydrogen-bond donors (Lipinski definition) is 2. The Bertz CT molecular complexity index is 1560. The zero-order valence-corrected chi connectivity index (χ0v) is 21.1. The molecule has 0 saturated heterocycles. The van der Waals surface area contributed by atoms with Gasteiger partial charge >= 0.3 is 0 Å². The normalized spacial score (nSPS) is 14.7. The Balaban J connectivity index is 1.63. The highest BCUT2D eigenvalue weighted by molar-refractivity contribution is 5.87. The van der Waals surface area contributed by atoms with Crippen LogP contribution in [-0.2, 0) is 10.4 Å². The maximum Gasteiger partial charge on any atom is 0.225 e. The Morgan fingerprint density at radius 2 is 1.76 bits per heavy atom. The number of amides is 1. The van der Waals surface area contributed by atoms with Crippen LogP contribution in [0.5, 0.6) is 0 Å². The smallest absolute Gasteiger partial charge is 0.225 e. The molecule has 5 aromatic rings. The van der Waals surface area contributed by atoms with Gasteiger partial charge in [-0.25, -0.2) is 9.97 Å². The number of carbonyl (C=O) groups is 1. The fourth-order valence-electron chi connectivity index (χ4n) is 5.11. The highest BCUT2D eigenvalue weighted by Gasteiger charge is 2.34. The van der Waals surface area contributed by atoms with E-state index in [9.17, 15) is 9.90 Å². The lowest BCUT2D eigenvalue weighted by atomic mass is 9.75. The topological polar surface area (TPSA) is 102 Å². The summed E-state index contributed by atoms with van der Waals surface area (Å²) in [7, 11) is 0. The summed E-state index contributed by atoms with van der Waals surface area (Å²) in [4.78, 5) is 21.2. The molecule has 0 fully saturated rings. The quantitative estimate of drug-likeness (QED) is 0.313. The first-order valence-corrected chi connectivity index (χ1v) is 12.2. The molecule has 0 saturated carbocycles. The van der Waals surface area contributed by atoms with Crippen LogP contribution in [0.25, 0.3) is 11.0 Å². The van der Waals surface area contributed by atoms with Crippen molar-refractivity contribution in [1.29, 1.82) is 0 Å². The van der Waals surface area contributed by atoms with Crippen LogP contribution in [0.15, 0.2) is 95.8 Å². The molecule has 0 aliphatic rings. The summed E-state index contributed by atoms with van der Waals surface area (Å²) in [6.45, 7) is 5.75. The van der Waals surface area contributed by atoms with Crippen LogP contribution in [0.3, 0.4) is 0 Å². The number of nitrogens with zero attached hydrogens (tertiary/aromatic N) is 2. The van der Waals surface area contributed by atoms with E-state index in [4.69, 9.17) is 10.2 Å². The van der Waals surface area contributed by atoms with Crippen LogP contribution < -0.4 is 5.73 Å². The van der Waals surface area contributed by atoms with Crippen LogP contribution in [0.2, 0.25) is 0 Å². The van der Waals surface area contributed by atoms with Gasteiger partial charge in [-0.05, 0) is 67.3 Å². The number of aromatic nitrogens is 2. The number of benzene rings is 3. The maximum atomic E-state index is 13.1. The van der Waals surface area contributed by atoms with Crippen LogP contribution in [0.4, 0.5) is 0 Å². The second-order valence-electron chi connectivity index (χ2n) is 9.70. The molecule has 3 atom stereocenters. The highest BCUT2D eigenvalue weighted by Crippen LogP contribution is 2.41. The van der Waals surface area contributed by atoms with Gasteiger partial charge in [-0.2, -0.15) is 0 Å². The standard InChI is InChI=1S/C31H29N3O3/c1-19-9-11-24(20(2)15-19)28(21-7-5-4-6-8-21)29(30(32)35)22-10-12-25-23(16-22)17-27(37-25)31(3,36)26-13-14-33-18-34-26/h4-18,28-29,36H,1-3H3,(H2,32,35)/t28-,29?,31?/m0/s1. The summed E-state index contributed by atoms with van der Waals surface area (Å²) in [5.41, 5.74) is 10.8. The first-order valence-electron chi connectivity index (χ1n) is 12.2. The molecule has 6 heteroatoms. The fourth-order valence-corrected chi connectivity index (χ4v) is 5.11. The number of hydrogen-bond acceptors (Lipinski definition) is 5. The third-order valence-electron chi connectivity index (χ3n) is 7.02. The molecule has 0 spiro atoms. The Morgan fingerprint density at radius 1 is 0.973 bits per heavy atom. The van der Waals surface area contributed by atoms with Crippen molar-refractivity contribution in [1.82, 2.24) is 9.97 Å². The van der Waals surface area contributed by atoms with Crippen molar-refractivity contribution in [3.63, 3.8) is 0 Å². The molecule has 3 aromatic carbocycles. The van der Waals surface area contributed by atoms with Crippen molar-refractivity contribution < 1.29 is 14.3 Å². The molecule has 2 heterocycles. The second kappa shape index (κ2) is 9.64. The lowest BCUT2D eigenvalue weighted by Gasteiger charge is -2.28. The maximum absolute atomic E-state index is 13.1. The number of carbonyl (C=O) groups excluding carboxylic acids is 1. The lowest BCUT2D eigenvalue weighted by molar-refractivity contribution is -0.119. The van der Waals surface area contributed by atoms with Crippen molar-refractivity contribution >= 4 is 16.9 Å². The monoisotopic (exact) mass is 491 g/mol. The first kappa shape index (κ1) is 24.4. The van der Waals surface area contributed by atoms with Crippen molar-refractivity contribution in [3.8, 4) is 0 Å². The molecule has 5 rings (SSSR count). The minimum atomic E-state index is -1.45. The molecule has 3 N–H and O–H groups in total. The summed E-state index contributed by atoms with van der Waals surface area (Å²) in [5.74, 6) is -0.950. The molecule has 2 unspecified atom stereocenters. The molecule has 186 valence electrons. The molecule has 2 aromatic heterocycles. The molecule has 37 heavy (non-hydrogen) atoms. The van der Waals surface area contributed by atoms with Gasteiger partial charge in [0.1, 0.15) is 17.7 Å². The number of primary amides is 1. The van der Waals surface area contributed by atoms with E-state index in [-0.39, 0.29) is 5.92 Å². The zero-order valence-electron chi connectivity index (χ0n) is 21.1. The van der Waals surface area contributed by atoms with Crippen molar-refractivity contribution in [3.05, 3.63) is 131 Å². The second-order valence-corrected chi connectivity index (χ2v) is 9.70. The Morgan fingerprint density at radius 3 is 2.43 bits per heavy atom. The van der Waals surface area contributed by atoms with E-state index >= 15 is 0 Å². The van der Waals surface area contributed by atoms with E-state index in [2.05, 4.69) is 42.0 Å². The fraction of sp³-hybridized carbons (Fsp3) is 0.194. The largest absolute Gasteiger partial charge is 0.458 e. The van der Waals surface area contributed by atoms with Crippen molar-refractivity contribution in [2.24, 2.45) is 5.73 Å². The van der Waals surface area contributed by atoms with E-state index in [1.54, 1.807) is 25.3 Å². The van der Waals surface area contributed by atoms with Gasteiger partial charge in [-0.15, -0.1) is 0 Å². The highest BCUT2D eigenvalue weighted by atomic mass is 16.4. The minimum Gasteiger partial charge on any atom is -0.458 e. The Hall–Kier alpha value is -4.29. The molecule has 0 bridgehead atoms. The Labute approximate surface area is 215 Å². The summed E-state index contributed by atoms with van der Waals surface area (Å²) >= 11 is 0. The van der Waals surface area contributed by atoms with E-state index in [0.717, 1.165) is 33.2 Å². The van der Waals surface area contributed by atoms with Crippen LogP contribution in [0.1, 0.15) is 58.0 Å². The van der Waals surface area contributed by atoms with Crippen LogP contribution in [-0.4, -0.2) is 21.0 Å². The predicted octanol–water partition coefficient (Wildman–Crippen LogP) is 5.50. The van der Waals surface area contributed by atoms with E-state index in [0.29, 0.717) is 17.0 Å². The van der Waals surface area contributed by atoms with Gasteiger partial charge in [-0.1, -0.05) is 60.2 Å². The molecule has 0 aliphatic carbocycles. The number of furan rings is 1. The SMILES string of the molecule is Cc1ccc([C@H](c2ccccc2)C(C(N)=O)c2ccc3oc(C(C)(O)c4ccncn4)cc3c2)c(C)c1. The van der Waals surface area contributed by atoms with Crippen LogP contribution >= 0.6 is 0 Å². The van der Waals surface area contributed by atoms with Gasteiger partial charge in [0.25, 0.3) is 0 Å². The van der Waals surface area contributed by atoms with Gasteiger partial charge in [-0.3, -0.25) is 4.79 Å². The van der Waals surface area contributed by atoms with Gasteiger partial charge in [0.2, 0.25) is 5.91 Å². The van der Waals surface area contributed by atoms with Crippen molar-refractivity contribution in [2.45, 2.75) is 38.2 Å². The third kappa shape index (κ3) is 4.63. The number of fused-ring (bicyclic) bond motifs is 1. The first-order chi connectivity index (χ1) is 17.8. The van der Waals surface area contributed by atoms with E-state index in [1.165, 1.54) is 6.33 Å². The third-order valence-corrected chi connectivity index (χ3v) is 7.02. The molecule has 0 aliphatic heterocycles. The molecule has 1 amide bonds. The van der Waals surface area contributed by atoms with Gasteiger partial charge < -0.3 is 15.3 Å². The zero-order chi connectivity index (χ0) is 26.2. The number of nitrogens with two attached hydrogens (primary N) is 1. The predicted molar refractivity (Wildman–Crippen MR) is 143 cm³/mol. The number of aryl methyl sites for hydroxylation is 2. The molecular formula is C31H29N3O3. The minimum absolute atomic E-state index is 0.271. The summed E-state index contributed by atoms with van der Waals surface area (Å²) in [5, 5.41) is 12.0. The molecular weight excluding hydrogens is 462 g/mol. The van der Waals surface area contributed by atoms with Gasteiger partial charge in [0, 0.05) is 17.5 Å². The summed E-state index contributed by atoms with van der Waals surface area (Å²) in [6, 6.07) is 25.3. The number of aliphatic hydroxyl groups is 1. The van der Waals surface area contributed by atoms with Crippen molar-refractivity contribution in [2.75, 3.05) is 0 Å². The summed E-state index contributed by atoms with van der Waals surface area (Å²) in [6.07, 6.45) is 2.96. The van der Waals surface area contributed by atoms with E-state index in [1.807, 2.05) is 48.5 Å². The average Bonchev–Trinajstić information content (AvgIpc) is 3.33.